The van der Waals surface area contributed by atoms with E-state index >= 15 is 0 Å². The molecule has 2 aromatic rings. The van der Waals surface area contributed by atoms with Crippen LogP contribution in [0.3, 0.4) is 0 Å². The third-order valence-corrected chi connectivity index (χ3v) is 3.54. The van der Waals surface area contributed by atoms with Crippen LogP contribution in [0.25, 0.3) is 0 Å². The van der Waals surface area contributed by atoms with Gasteiger partial charge in [-0.2, -0.15) is 5.10 Å². The van der Waals surface area contributed by atoms with Gasteiger partial charge in [-0.1, -0.05) is 34.1 Å². The average Bonchev–Trinajstić information content (AvgIpc) is 2.75. The highest BCUT2D eigenvalue weighted by Gasteiger charge is 2.08. The lowest BCUT2D eigenvalue weighted by Gasteiger charge is -2.15. The Morgan fingerprint density at radius 1 is 1.39 bits per heavy atom. The van der Waals surface area contributed by atoms with E-state index in [1.807, 2.05) is 13.1 Å². The van der Waals surface area contributed by atoms with Gasteiger partial charge in [0.15, 0.2) is 5.82 Å². The van der Waals surface area contributed by atoms with Gasteiger partial charge >= 0.3 is 0 Å². The molecule has 96 valence electrons. The monoisotopic (exact) mass is 308 g/mol. The van der Waals surface area contributed by atoms with Crippen LogP contribution in [0, 0.1) is 0 Å². The van der Waals surface area contributed by atoms with Crippen molar-refractivity contribution in [1.82, 2.24) is 20.1 Å². The van der Waals surface area contributed by atoms with E-state index in [-0.39, 0.29) is 0 Å². The van der Waals surface area contributed by atoms with E-state index in [0.29, 0.717) is 6.04 Å². The molecule has 2 rings (SSSR count). The Kier molecular flexibility index (Phi) is 4.49. The highest BCUT2D eigenvalue weighted by Crippen LogP contribution is 2.22. The van der Waals surface area contributed by atoms with Crippen LogP contribution >= 0.6 is 15.9 Å². The van der Waals surface area contributed by atoms with E-state index in [1.54, 1.807) is 11.0 Å². The lowest BCUT2D eigenvalue weighted by Crippen LogP contribution is -2.22. The van der Waals surface area contributed by atoms with Gasteiger partial charge in [0.25, 0.3) is 0 Å². The molecular formula is C13H17BrN4. The molecule has 1 atom stereocenters. The number of hydrogen-bond donors (Lipinski definition) is 1. The van der Waals surface area contributed by atoms with E-state index in [9.17, 15) is 0 Å². The van der Waals surface area contributed by atoms with Gasteiger partial charge < -0.3 is 5.32 Å². The summed E-state index contributed by atoms with van der Waals surface area (Å²) in [4.78, 5) is 4.21. The second-order valence-electron chi connectivity index (χ2n) is 4.28. The molecule has 1 N–H and O–H groups in total. The molecule has 18 heavy (non-hydrogen) atoms. The maximum Gasteiger partial charge on any atom is 0.151 e. The third-order valence-electron chi connectivity index (χ3n) is 2.82. The normalized spacial score (nSPS) is 12.6. The number of halogens is 1. The molecule has 1 unspecified atom stereocenters. The van der Waals surface area contributed by atoms with E-state index in [2.05, 4.69) is 56.5 Å². The molecule has 1 heterocycles. The first-order valence-electron chi connectivity index (χ1n) is 5.99. The van der Waals surface area contributed by atoms with Gasteiger partial charge in [-0.3, -0.25) is 4.68 Å². The van der Waals surface area contributed by atoms with Crippen molar-refractivity contribution in [3.63, 3.8) is 0 Å². The predicted octanol–water partition coefficient (Wildman–Crippen LogP) is 2.47. The van der Waals surface area contributed by atoms with Gasteiger partial charge in [0.1, 0.15) is 6.33 Å². The number of rotatable bonds is 5. The number of benzene rings is 1. The summed E-state index contributed by atoms with van der Waals surface area (Å²) in [6.07, 6.45) is 2.57. The molecule has 1 aromatic carbocycles. The summed E-state index contributed by atoms with van der Waals surface area (Å²) < 4.78 is 2.87. The molecule has 0 saturated carbocycles. The Balaban J connectivity index is 1.85. The van der Waals surface area contributed by atoms with Crippen LogP contribution in [0.4, 0.5) is 0 Å². The SMILES string of the molecule is CC(NCCc1ncn(C)n1)c1ccccc1Br. The minimum atomic E-state index is 0.310. The topological polar surface area (TPSA) is 42.7 Å². The molecule has 4 nitrogen and oxygen atoms in total. The van der Waals surface area contributed by atoms with Gasteiger partial charge in [-0.15, -0.1) is 0 Å². The average molecular weight is 309 g/mol. The van der Waals surface area contributed by atoms with E-state index in [1.165, 1.54) is 5.56 Å². The fraction of sp³-hybridized carbons (Fsp3) is 0.385. The molecule has 1 aromatic heterocycles. The number of aryl methyl sites for hydroxylation is 1. The summed E-state index contributed by atoms with van der Waals surface area (Å²) in [6.45, 7) is 3.03. The zero-order valence-corrected chi connectivity index (χ0v) is 12.2. The van der Waals surface area contributed by atoms with Crippen LogP contribution < -0.4 is 5.32 Å². The standard InChI is InChI=1S/C13H17BrN4/c1-10(11-5-3-4-6-12(11)14)15-8-7-13-16-9-18(2)17-13/h3-6,9-10,15H,7-8H2,1-2H3. The van der Waals surface area contributed by atoms with E-state index < -0.39 is 0 Å². The summed E-state index contributed by atoms with van der Waals surface area (Å²) in [5.41, 5.74) is 1.27. The molecule has 0 fully saturated rings. The largest absolute Gasteiger partial charge is 0.310 e. The van der Waals surface area contributed by atoms with Gasteiger partial charge in [0.2, 0.25) is 0 Å². The van der Waals surface area contributed by atoms with Gasteiger partial charge in [0.05, 0.1) is 0 Å². The van der Waals surface area contributed by atoms with Crippen molar-refractivity contribution in [2.45, 2.75) is 19.4 Å². The molecule has 0 bridgehead atoms. The summed E-state index contributed by atoms with van der Waals surface area (Å²) >= 11 is 3.57. The number of nitrogens with zero attached hydrogens (tertiary/aromatic N) is 3. The zero-order chi connectivity index (χ0) is 13.0. The van der Waals surface area contributed by atoms with E-state index in [4.69, 9.17) is 0 Å². The van der Waals surface area contributed by atoms with Crippen molar-refractivity contribution in [1.29, 1.82) is 0 Å². The number of nitrogens with one attached hydrogen (secondary N) is 1. The van der Waals surface area contributed by atoms with Crippen molar-refractivity contribution in [3.8, 4) is 0 Å². The van der Waals surface area contributed by atoms with Crippen LogP contribution in [0.15, 0.2) is 35.1 Å². The van der Waals surface area contributed by atoms with Crippen molar-refractivity contribution < 1.29 is 0 Å². The fourth-order valence-electron chi connectivity index (χ4n) is 1.84. The molecule has 0 aliphatic heterocycles. The van der Waals surface area contributed by atoms with Gasteiger partial charge in [-0.25, -0.2) is 4.98 Å². The molecular weight excluding hydrogens is 292 g/mol. The van der Waals surface area contributed by atoms with Crippen LogP contribution in [0.2, 0.25) is 0 Å². The molecule has 0 aliphatic rings. The Hall–Kier alpha value is -1.20. The summed E-state index contributed by atoms with van der Waals surface area (Å²) in [5.74, 6) is 0.879. The van der Waals surface area contributed by atoms with Crippen LogP contribution in [-0.2, 0) is 13.5 Å². The number of aromatic nitrogens is 3. The first kappa shape index (κ1) is 13.2. The summed E-state index contributed by atoms with van der Waals surface area (Å²) in [7, 11) is 1.88. The lowest BCUT2D eigenvalue weighted by molar-refractivity contribution is 0.567. The van der Waals surface area contributed by atoms with Crippen molar-refractivity contribution in [2.75, 3.05) is 6.54 Å². The molecule has 0 spiro atoms. The second kappa shape index (κ2) is 6.11. The molecule has 0 saturated heterocycles. The maximum absolute atomic E-state index is 4.25. The maximum atomic E-state index is 4.25. The zero-order valence-electron chi connectivity index (χ0n) is 10.6. The van der Waals surface area contributed by atoms with Crippen molar-refractivity contribution in [3.05, 3.63) is 46.5 Å². The van der Waals surface area contributed by atoms with Crippen LogP contribution in [0.5, 0.6) is 0 Å². The molecule has 0 aliphatic carbocycles. The summed E-state index contributed by atoms with van der Waals surface area (Å²) in [6, 6.07) is 8.58. The Bertz CT molecular complexity index is 509. The third kappa shape index (κ3) is 3.40. The lowest BCUT2D eigenvalue weighted by atomic mass is 10.1. The quantitative estimate of drug-likeness (QED) is 0.922. The van der Waals surface area contributed by atoms with Crippen LogP contribution in [0.1, 0.15) is 24.4 Å². The van der Waals surface area contributed by atoms with Crippen molar-refractivity contribution in [2.24, 2.45) is 7.05 Å². The first-order chi connectivity index (χ1) is 8.66. The molecule has 5 heteroatoms. The second-order valence-corrected chi connectivity index (χ2v) is 5.14. The molecule has 0 radical (unpaired) electrons. The predicted molar refractivity (Wildman–Crippen MR) is 75.3 cm³/mol. The van der Waals surface area contributed by atoms with Gasteiger partial charge in [0, 0.05) is 30.5 Å². The first-order valence-corrected chi connectivity index (χ1v) is 6.78. The Morgan fingerprint density at radius 3 is 2.83 bits per heavy atom. The fourth-order valence-corrected chi connectivity index (χ4v) is 2.46. The molecule has 0 amide bonds. The number of hydrogen-bond acceptors (Lipinski definition) is 3. The van der Waals surface area contributed by atoms with Gasteiger partial charge in [-0.05, 0) is 18.6 Å². The summed E-state index contributed by atoms with van der Waals surface area (Å²) in [5, 5.41) is 7.73. The Morgan fingerprint density at radius 2 is 2.17 bits per heavy atom. The smallest absolute Gasteiger partial charge is 0.151 e. The minimum absolute atomic E-state index is 0.310. The minimum Gasteiger partial charge on any atom is -0.310 e. The highest BCUT2D eigenvalue weighted by atomic mass is 79.9. The Labute approximate surface area is 116 Å². The van der Waals surface area contributed by atoms with E-state index in [0.717, 1.165) is 23.3 Å². The van der Waals surface area contributed by atoms with Crippen LogP contribution in [-0.4, -0.2) is 21.3 Å². The van der Waals surface area contributed by atoms with Crippen molar-refractivity contribution >= 4 is 15.9 Å². The highest BCUT2D eigenvalue weighted by molar-refractivity contribution is 9.10.